The van der Waals surface area contributed by atoms with E-state index in [1.165, 1.54) is 6.07 Å². The molecule has 0 unspecified atom stereocenters. The fourth-order valence-electron chi connectivity index (χ4n) is 0.906. The van der Waals surface area contributed by atoms with E-state index in [0.29, 0.717) is 8.95 Å². The molecule has 0 radical (unpaired) electrons. The molecule has 8 heteroatoms. The van der Waals surface area contributed by atoms with Crippen molar-refractivity contribution in [1.82, 2.24) is 0 Å². The normalized spacial score (nSPS) is 10.8. The molecule has 0 fully saturated rings. The van der Waals surface area contributed by atoms with Crippen molar-refractivity contribution < 1.29 is 4.39 Å². The first kappa shape index (κ1) is 13.6. The molecular weight excluding hydrogens is 357 g/mol. The molecule has 0 aliphatic heterocycles. The van der Waals surface area contributed by atoms with Gasteiger partial charge in [-0.2, -0.15) is 10.4 Å². The fraction of sp³-hybridized carbons (Fsp3) is 0. The maximum absolute atomic E-state index is 13.5. The maximum Gasteiger partial charge on any atom is 0.201 e. The van der Waals surface area contributed by atoms with Crippen LogP contribution >= 0.6 is 31.9 Å². The van der Waals surface area contributed by atoms with E-state index >= 15 is 0 Å². The van der Waals surface area contributed by atoms with E-state index in [0.717, 1.165) is 0 Å². The Hall–Kier alpha value is -1.46. The van der Waals surface area contributed by atoms with Gasteiger partial charge in [0.05, 0.1) is 0 Å². The molecule has 1 rings (SSSR count). The van der Waals surface area contributed by atoms with Gasteiger partial charge in [-0.1, -0.05) is 15.9 Å². The summed E-state index contributed by atoms with van der Waals surface area (Å²) in [7, 11) is 0. The molecule has 0 aromatic heterocycles. The van der Waals surface area contributed by atoms with E-state index < -0.39 is 11.7 Å². The number of anilines is 1. The van der Waals surface area contributed by atoms with Crippen LogP contribution in [0.1, 0.15) is 0 Å². The Labute approximate surface area is 113 Å². The summed E-state index contributed by atoms with van der Waals surface area (Å²) in [6.45, 7) is 0. The second kappa shape index (κ2) is 5.75. The van der Waals surface area contributed by atoms with Gasteiger partial charge in [0.2, 0.25) is 5.71 Å². The molecule has 0 aliphatic rings. The molecule has 0 spiro atoms. The SMILES string of the molecule is N#C/C(=N\Nc1c(F)cc(Br)cc1Br)C(=N)N. The molecule has 0 heterocycles. The van der Waals surface area contributed by atoms with Gasteiger partial charge in [-0.25, -0.2) is 4.39 Å². The van der Waals surface area contributed by atoms with Crippen LogP contribution in [0.5, 0.6) is 0 Å². The van der Waals surface area contributed by atoms with Crippen molar-refractivity contribution in [3.05, 3.63) is 26.9 Å². The van der Waals surface area contributed by atoms with Crippen molar-refractivity contribution in [3.8, 4) is 6.07 Å². The zero-order valence-electron chi connectivity index (χ0n) is 8.26. The molecule has 0 bridgehead atoms. The third-order valence-electron chi connectivity index (χ3n) is 1.65. The molecule has 0 aliphatic carbocycles. The number of amidine groups is 1. The van der Waals surface area contributed by atoms with Gasteiger partial charge >= 0.3 is 0 Å². The van der Waals surface area contributed by atoms with Gasteiger partial charge in [0.15, 0.2) is 5.84 Å². The number of halogens is 3. The van der Waals surface area contributed by atoms with Crippen LogP contribution < -0.4 is 11.2 Å². The molecule has 4 N–H and O–H groups in total. The molecule has 1 aromatic rings. The lowest BCUT2D eigenvalue weighted by Gasteiger charge is -2.06. The van der Waals surface area contributed by atoms with E-state index in [9.17, 15) is 4.39 Å². The molecule has 88 valence electrons. The number of hydrazone groups is 1. The van der Waals surface area contributed by atoms with Crippen LogP contribution in [0.25, 0.3) is 0 Å². The first-order valence-corrected chi connectivity index (χ1v) is 5.77. The van der Waals surface area contributed by atoms with Crippen molar-refractivity contribution in [2.24, 2.45) is 10.8 Å². The topological polar surface area (TPSA) is 98.0 Å². The van der Waals surface area contributed by atoms with Crippen molar-refractivity contribution in [3.63, 3.8) is 0 Å². The highest BCUT2D eigenvalue weighted by Gasteiger charge is 2.09. The Balaban J connectivity index is 3.05. The number of rotatable bonds is 3. The second-order valence-corrected chi connectivity index (χ2v) is 4.61. The Morgan fingerprint density at radius 2 is 2.18 bits per heavy atom. The van der Waals surface area contributed by atoms with Crippen LogP contribution in [0.3, 0.4) is 0 Å². The highest BCUT2D eigenvalue weighted by atomic mass is 79.9. The van der Waals surface area contributed by atoms with Crippen molar-refractivity contribution >= 4 is 49.1 Å². The van der Waals surface area contributed by atoms with Crippen molar-refractivity contribution in [2.75, 3.05) is 5.43 Å². The monoisotopic (exact) mass is 361 g/mol. The smallest absolute Gasteiger partial charge is 0.201 e. The third kappa shape index (κ3) is 3.51. The van der Waals surface area contributed by atoms with E-state index in [-0.39, 0.29) is 11.4 Å². The minimum Gasteiger partial charge on any atom is -0.382 e. The molecule has 0 atom stereocenters. The number of nitrogens with two attached hydrogens (primary N) is 1. The number of nitriles is 1. The number of benzene rings is 1. The third-order valence-corrected chi connectivity index (χ3v) is 2.73. The molecule has 0 amide bonds. The molecule has 1 aromatic carbocycles. The quantitative estimate of drug-likeness (QED) is 0.437. The molecule has 17 heavy (non-hydrogen) atoms. The molecular formula is C9H6Br2FN5. The summed E-state index contributed by atoms with van der Waals surface area (Å²) in [4.78, 5) is 0. The standard InChI is InChI=1S/C9H6Br2FN5/c10-4-1-5(11)8(6(12)2-4)17-16-7(3-13)9(14)15/h1-2,17H,(H3,14,15)/b16-7+. The predicted octanol–water partition coefficient (Wildman–Crippen LogP) is 2.58. The average molecular weight is 363 g/mol. The van der Waals surface area contributed by atoms with Gasteiger partial charge < -0.3 is 5.73 Å². The van der Waals surface area contributed by atoms with Crippen LogP contribution in [0.2, 0.25) is 0 Å². The van der Waals surface area contributed by atoms with Gasteiger partial charge in [0.25, 0.3) is 0 Å². The first-order valence-electron chi connectivity index (χ1n) is 4.18. The molecule has 0 saturated heterocycles. The Morgan fingerprint density at radius 1 is 1.53 bits per heavy atom. The lowest BCUT2D eigenvalue weighted by atomic mass is 10.3. The Bertz CT molecular complexity index is 512. The van der Waals surface area contributed by atoms with Crippen molar-refractivity contribution in [2.45, 2.75) is 0 Å². The van der Waals surface area contributed by atoms with Crippen molar-refractivity contribution in [1.29, 1.82) is 10.7 Å². The summed E-state index contributed by atoms with van der Waals surface area (Å²) in [6, 6.07) is 4.46. The largest absolute Gasteiger partial charge is 0.382 e. The summed E-state index contributed by atoms with van der Waals surface area (Å²) in [6.07, 6.45) is 0. The zero-order chi connectivity index (χ0) is 13.0. The summed E-state index contributed by atoms with van der Waals surface area (Å²) >= 11 is 6.26. The zero-order valence-corrected chi connectivity index (χ0v) is 11.4. The molecule has 5 nitrogen and oxygen atoms in total. The van der Waals surface area contributed by atoms with Crippen LogP contribution in [0, 0.1) is 22.6 Å². The first-order chi connectivity index (χ1) is 7.95. The van der Waals surface area contributed by atoms with E-state index in [1.807, 2.05) is 0 Å². The highest BCUT2D eigenvalue weighted by molar-refractivity contribution is 9.11. The lowest BCUT2D eigenvalue weighted by Crippen LogP contribution is -2.22. The predicted molar refractivity (Wildman–Crippen MR) is 70.4 cm³/mol. The summed E-state index contributed by atoms with van der Waals surface area (Å²) in [5, 5.41) is 19.2. The van der Waals surface area contributed by atoms with Gasteiger partial charge in [-0.3, -0.25) is 10.8 Å². The molecule has 0 saturated carbocycles. The lowest BCUT2D eigenvalue weighted by molar-refractivity contribution is 0.629. The summed E-state index contributed by atoms with van der Waals surface area (Å²) in [5.41, 5.74) is 7.17. The average Bonchev–Trinajstić information content (AvgIpc) is 2.21. The van der Waals surface area contributed by atoms with Gasteiger partial charge in [-0.15, -0.1) is 0 Å². The number of hydrogen-bond acceptors (Lipinski definition) is 4. The minimum absolute atomic E-state index is 0.0576. The Kier molecular flexibility index (Phi) is 4.60. The van der Waals surface area contributed by atoms with Gasteiger partial charge in [0, 0.05) is 8.95 Å². The number of nitrogens with one attached hydrogen (secondary N) is 2. The van der Waals surface area contributed by atoms with Crippen LogP contribution in [0.4, 0.5) is 10.1 Å². The van der Waals surface area contributed by atoms with E-state index in [4.69, 9.17) is 16.4 Å². The summed E-state index contributed by atoms with van der Waals surface area (Å²) in [5.74, 6) is -1.05. The van der Waals surface area contributed by atoms with Crippen LogP contribution in [-0.2, 0) is 0 Å². The minimum atomic E-state index is -0.559. The van der Waals surface area contributed by atoms with E-state index in [1.54, 1.807) is 12.1 Å². The van der Waals surface area contributed by atoms with Gasteiger partial charge in [-0.05, 0) is 28.1 Å². The highest BCUT2D eigenvalue weighted by Crippen LogP contribution is 2.29. The van der Waals surface area contributed by atoms with Crippen LogP contribution in [0.15, 0.2) is 26.2 Å². The fourth-order valence-corrected chi connectivity index (χ4v) is 2.17. The number of hydrogen-bond donors (Lipinski definition) is 3. The van der Waals surface area contributed by atoms with E-state index in [2.05, 4.69) is 42.4 Å². The second-order valence-electron chi connectivity index (χ2n) is 2.84. The Morgan fingerprint density at radius 3 is 2.65 bits per heavy atom. The van der Waals surface area contributed by atoms with Gasteiger partial charge in [0.1, 0.15) is 17.6 Å². The number of nitrogens with zero attached hydrogens (tertiary/aromatic N) is 2. The summed E-state index contributed by atoms with van der Waals surface area (Å²) < 4.78 is 14.5. The van der Waals surface area contributed by atoms with Crippen LogP contribution in [-0.4, -0.2) is 11.5 Å². The maximum atomic E-state index is 13.5.